The smallest absolute Gasteiger partial charge is 0.410 e. The molecule has 5 rings (SSSR count). The Kier molecular flexibility index (Phi) is 5.84. The van der Waals surface area contributed by atoms with Crippen LogP contribution in [0, 0.1) is 6.92 Å². The van der Waals surface area contributed by atoms with E-state index in [0.717, 1.165) is 22.5 Å². The molecule has 0 unspecified atom stereocenters. The number of hydrogen-bond donors (Lipinski definition) is 1. The van der Waals surface area contributed by atoms with Crippen LogP contribution in [-0.2, 0) is 22.6 Å². The number of nitrogens with zero attached hydrogens (tertiary/aromatic N) is 5. The number of morpholine rings is 1. The van der Waals surface area contributed by atoms with Gasteiger partial charge in [-0.1, -0.05) is 23.8 Å². The summed E-state index contributed by atoms with van der Waals surface area (Å²) < 4.78 is 12.5. The number of ether oxygens (including phenoxy) is 2. The third kappa shape index (κ3) is 4.79. The third-order valence-electron chi connectivity index (χ3n) is 5.96. The van der Waals surface area contributed by atoms with Crippen LogP contribution in [0.2, 0.25) is 0 Å². The van der Waals surface area contributed by atoms with Crippen molar-refractivity contribution in [3.05, 3.63) is 57.5 Å². The molecule has 0 saturated carbocycles. The normalized spacial score (nSPS) is 15.9. The Morgan fingerprint density at radius 1 is 1.11 bits per heavy atom. The van der Waals surface area contributed by atoms with Crippen LogP contribution in [0.3, 0.4) is 0 Å². The van der Waals surface area contributed by atoms with Crippen LogP contribution in [0.1, 0.15) is 37.6 Å². The zero-order chi connectivity index (χ0) is 24.7. The highest BCUT2D eigenvalue weighted by Gasteiger charge is 2.33. The summed E-state index contributed by atoms with van der Waals surface area (Å²) in [6.45, 7) is 10.7. The molecule has 10 nitrogen and oxygen atoms in total. The maximum absolute atomic E-state index is 12.9. The molecule has 0 spiro atoms. The van der Waals surface area contributed by atoms with Gasteiger partial charge in [-0.05, 0) is 39.3 Å². The first kappa shape index (κ1) is 23.1. The van der Waals surface area contributed by atoms with Crippen LogP contribution in [-0.4, -0.2) is 62.6 Å². The van der Waals surface area contributed by atoms with Crippen LogP contribution in [0.25, 0.3) is 17.2 Å². The van der Waals surface area contributed by atoms with Gasteiger partial charge < -0.3 is 14.4 Å². The Bertz CT molecular complexity index is 1320. The zero-order valence-corrected chi connectivity index (χ0v) is 20.5. The predicted molar refractivity (Wildman–Crippen MR) is 131 cm³/mol. The lowest BCUT2D eigenvalue weighted by molar-refractivity contribution is 0.0240. The van der Waals surface area contributed by atoms with E-state index in [0.29, 0.717) is 44.2 Å². The number of rotatable bonds is 3. The maximum Gasteiger partial charge on any atom is 0.410 e. The number of nitrogens with one attached hydrogen (secondary N) is 1. The van der Waals surface area contributed by atoms with Gasteiger partial charge in [0.2, 0.25) is 0 Å². The number of hydrogen-bond acceptors (Lipinski definition) is 7. The van der Waals surface area contributed by atoms with Crippen LogP contribution < -0.4 is 10.5 Å². The summed E-state index contributed by atoms with van der Waals surface area (Å²) in [5, 5.41) is 3.16. The van der Waals surface area contributed by atoms with Crippen LogP contribution in [0.15, 0.2) is 35.1 Å². The summed E-state index contributed by atoms with van der Waals surface area (Å²) in [6.07, 6.45) is -0.399. The summed E-state index contributed by atoms with van der Waals surface area (Å²) in [4.78, 5) is 39.0. The van der Waals surface area contributed by atoms with E-state index in [1.54, 1.807) is 11.0 Å². The number of aromatic amines is 1. The Balaban J connectivity index is 1.54. The molecule has 1 fully saturated rings. The minimum Gasteiger partial charge on any atom is -0.444 e. The fourth-order valence-electron chi connectivity index (χ4n) is 4.32. The number of H-pyrrole nitrogens is 1. The molecule has 35 heavy (non-hydrogen) atoms. The summed E-state index contributed by atoms with van der Waals surface area (Å²) in [5.41, 5.74) is 3.43. The molecule has 0 radical (unpaired) electrons. The Labute approximate surface area is 203 Å². The highest BCUT2D eigenvalue weighted by Crippen LogP contribution is 2.31. The highest BCUT2D eigenvalue weighted by molar-refractivity contribution is 5.70. The first-order chi connectivity index (χ1) is 16.7. The molecule has 1 N–H and O–H groups in total. The lowest BCUT2D eigenvalue weighted by atomic mass is 10.1. The number of amides is 1. The van der Waals surface area contributed by atoms with Crippen molar-refractivity contribution in [2.45, 2.75) is 46.4 Å². The molecule has 0 bridgehead atoms. The van der Waals surface area contributed by atoms with E-state index < -0.39 is 11.7 Å². The van der Waals surface area contributed by atoms with Gasteiger partial charge in [0.15, 0.2) is 0 Å². The summed E-state index contributed by atoms with van der Waals surface area (Å²) in [6, 6.07) is 9.47. The Hall–Kier alpha value is -3.66. The highest BCUT2D eigenvalue weighted by atomic mass is 16.6. The number of benzene rings is 1. The van der Waals surface area contributed by atoms with Gasteiger partial charge in [0, 0.05) is 24.7 Å². The van der Waals surface area contributed by atoms with Crippen molar-refractivity contribution in [2.24, 2.45) is 0 Å². The second-order valence-corrected chi connectivity index (χ2v) is 9.92. The van der Waals surface area contributed by atoms with E-state index in [2.05, 4.69) is 10.00 Å². The first-order valence-corrected chi connectivity index (χ1v) is 11.8. The largest absolute Gasteiger partial charge is 0.444 e. The van der Waals surface area contributed by atoms with Crippen molar-refractivity contribution >= 4 is 11.9 Å². The van der Waals surface area contributed by atoms with E-state index in [9.17, 15) is 9.59 Å². The lowest BCUT2D eigenvalue weighted by Crippen LogP contribution is -2.38. The zero-order valence-electron chi connectivity index (χ0n) is 20.5. The second kappa shape index (κ2) is 8.84. The van der Waals surface area contributed by atoms with E-state index in [-0.39, 0.29) is 18.1 Å². The van der Waals surface area contributed by atoms with Gasteiger partial charge in [-0.3, -0.25) is 14.8 Å². The van der Waals surface area contributed by atoms with E-state index in [1.807, 2.05) is 52.0 Å². The van der Waals surface area contributed by atoms with Crippen LogP contribution >= 0.6 is 0 Å². The number of carbonyl (C=O) groups is 1. The molecule has 1 amide bonds. The minimum absolute atomic E-state index is 0.250. The van der Waals surface area contributed by atoms with Crippen LogP contribution in [0.5, 0.6) is 0 Å². The van der Waals surface area contributed by atoms with Gasteiger partial charge in [0.05, 0.1) is 37.7 Å². The minimum atomic E-state index is -0.598. The molecular formula is C25H30N6O4. The van der Waals surface area contributed by atoms with Gasteiger partial charge in [-0.25, -0.2) is 9.78 Å². The third-order valence-corrected chi connectivity index (χ3v) is 5.96. The SMILES string of the molecule is Cc1cccc(-c2cc(=O)n(-c3nc4c(c(N5CCOCC5)n3)CN(C(=O)OC(C)(C)C)C4)[nH]2)c1. The van der Waals surface area contributed by atoms with Gasteiger partial charge >= 0.3 is 6.09 Å². The van der Waals surface area contributed by atoms with Crippen molar-refractivity contribution in [1.82, 2.24) is 24.6 Å². The Morgan fingerprint density at radius 3 is 2.60 bits per heavy atom. The molecule has 1 saturated heterocycles. The number of fused-ring (bicyclic) bond motifs is 1. The summed E-state index contributed by atoms with van der Waals surface area (Å²) in [7, 11) is 0. The average molecular weight is 479 g/mol. The van der Waals surface area contributed by atoms with Gasteiger partial charge in [-0.2, -0.15) is 9.67 Å². The van der Waals surface area contributed by atoms with Crippen molar-refractivity contribution in [3.8, 4) is 17.2 Å². The summed E-state index contributed by atoms with van der Waals surface area (Å²) >= 11 is 0. The number of aromatic nitrogens is 4. The van der Waals surface area contributed by atoms with E-state index in [1.165, 1.54) is 4.68 Å². The quantitative estimate of drug-likeness (QED) is 0.617. The maximum atomic E-state index is 12.9. The molecule has 184 valence electrons. The Morgan fingerprint density at radius 2 is 1.89 bits per heavy atom. The topological polar surface area (TPSA) is 106 Å². The molecule has 1 aromatic carbocycles. The van der Waals surface area contributed by atoms with Crippen molar-refractivity contribution < 1.29 is 14.3 Å². The second-order valence-electron chi connectivity index (χ2n) is 9.92. The number of aryl methyl sites for hydroxylation is 1. The van der Waals surface area contributed by atoms with Crippen molar-refractivity contribution in [2.75, 3.05) is 31.2 Å². The average Bonchev–Trinajstić information content (AvgIpc) is 3.42. The van der Waals surface area contributed by atoms with Gasteiger partial charge in [0.25, 0.3) is 11.5 Å². The van der Waals surface area contributed by atoms with E-state index in [4.69, 9.17) is 19.4 Å². The van der Waals surface area contributed by atoms with Crippen LogP contribution in [0.4, 0.5) is 10.6 Å². The molecule has 10 heteroatoms. The monoisotopic (exact) mass is 478 g/mol. The molecule has 4 heterocycles. The summed E-state index contributed by atoms with van der Waals surface area (Å²) in [5.74, 6) is 0.971. The van der Waals surface area contributed by atoms with Gasteiger partial charge in [-0.15, -0.1) is 0 Å². The van der Waals surface area contributed by atoms with Crippen molar-refractivity contribution in [1.29, 1.82) is 0 Å². The number of carbonyl (C=O) groups excluding carboxylic acids is 1. The first-order valence-electron chi connectivity index (χ1n) is 11.8. The molecule has 0 atom stereocenters. The lowest BCUT2D eigenvalue weighted by Gasteiger charge is -2.29. The molecule has 2 aromatic heterocycles. The predicted octanol–water partition coefficient (Wildman–Crippen LogP) is 3.02. The molecule has 3 aromatic rings. The number of anilines is 1. The molecule has 0 aliphatic carbocycles. The molecular weight excluding hydrogens is 448 g/mol. The fraction of sp³-hybridized carbons (Fsp3) is 0.440. The fourth-order valence-corrected chi connectivity index (χ4v) is 4.32. The van der Waals surface area contributed by atoms with E-state index >= 15 is 0 Å². The standard InChI is InChI=1S/C25H30N6O4/c1-16-6-5-7-17(12-16)19-13-21(32)31(28-19)23-26-20-15-30(24(33)35-25(2,3)4)14-18(20)22(27-23)29-8-10-34-11-9-29/h5-7,12-13,28H,8-11,14-15H2,1-4H3. The van der Waals surface area contributed by atoms with Crippen molar-refractivity contribution in [3.63, 3.8) is 0 Å². The molecule has 2 aliphatic rings. The molecule has 2 aliphatic heterocycles. The van der Waals surface area contributed by atoms with Gasteiger partial charge in [0.1, 0.15) is 11.4 Å².